The zero-order chi connectivity index (χ0) is 29.8. The van der Waals surface area contributed by atoms with E-state index in [9.17, 15) is 9.59 Å². The largest absolute Gasteiger partial charge is 0.365 e. The van der Waals surface area contributed by atoms with Crippen LogP contribution in [0.15, 0.2) is 60.8 Å². The van der Waals surface area contributed by atoms with Gasteiger partial charge in [-0.3, -0.25) is 14.6 Å². The third-order valence-corrected chi connectivity index (χ3v) is 7.59. The smallest absolute Gasteiger partial charge is 0.257 e. The van der Waals surface area contributed by atoms with Gasteiger partial charge < -0.3 is 16.4 Å². The minimum atomic E-state index is -0.734. The highest BCUT2D eigenvalue weighted by Crippen LogP contribution is 2.37. The number of nitrogens with one attached hydrogen (secondary N) is 2. The van der Waals surface area contributed by atoms with Crippen molar-refractivity contribution in [2.45, 2.75) is 46.1 Å². The van der Waals surface area contributed by atoms with Crippen LogP contribution in [-0.4, -0.2) is 31.6 Å². The van der Waals surface area contributed by atoms with Gasteiger partial charge in [0, 0.05) is 23.4 Å². The topological polar surface area (TPSA) is 128 Å². The van der Waals surface area contributed by atoms with Crippen molar-refractivity contribution in [1.82, 2.24) is 19.7 Å². The van der Waals surface area contributed by atoms with Crippen LogP contribution in [0.1, 0.15) is 58.2 Å². The van der Waals surface area contributed by atoms with Crippen LogP contribution in [0.2, 0.25) is 0 Å². The maximum Gasteiger partial charge on any atom is 0.257 e. The number of fused-ring (bicyclic) bond motifs is 3. The van der Waals surface area contributed by atoms with Gasteiger partial charge in [-0.1, -0.05) is 45.0 Å². The Labute approximate surface area is 242 Å². The first-order valence-corrected chi connectivity index (χ1v) is 13.6. The number of para-hydroxylation sites is 2. The van der Waals surface area contributed by atoms with Crippen molar-refractivity contribution in [3.63, 3.8) is 0 Å². The molecule has 4 N–H and O–H groups in total. The Bertz CT molecular complexity index is 1910. The Morgan fingerprint density at radius 2 is 1.83 bits per heavy atom. The lowest BCUT2D eigenvalue weighted by atomic mass is 9.85. The Balaban J connectivity index is 1.34. The van der Waals surface area contributed by atoms with Crippen molar-refractivity contribution in [3.8, 4) is 11.3 Å². The minimum Gasteiger partial charge on any atom is -0.365 e. The normalized spacial score (nSPS) is 12.7. The fraction of sp³-hybridized carbons (Fsp3) is 0.219. The minimum absolute atomic E-state index is 0.0121. The number of carbonyl (C=O) groups excluding carboxylic acids is 2. The van der Waals surface area contributed by atoms with Crippen LogP contribution >= 0.6 is 0 Å². The summed E-state index contributed by atoms with van der Waals surface area (Å²) in [6, 6.07) is 16.4. The molecule has 3 aromatic carbocycles. The van der Waals surface area contributed by atoms with Gasteiger partial charge in [-0.2, -0.15) is 5.10 Å². The number of hydrogen-bond acceptors (Lipinski definition) is 6. The SMILES string of the molecule is Cc1c(C(=O)Nc2cnc3ccccc3n2)ccc(-c2nn3c(c2C(N)=O)Nc2ccc(C(C)(C)C)cc2CC3)c1F. The highest BCUT2D eigenvalue weighted by atomic mass is 19.1. The average Bonchev–Trinajstić information content (AvgIpc) is 3.21. The fourth-order valence-electron chi connectivity index (χ4n) is 5.23. The Kier molecular flexibility index (Phi) is 6.48. The van der Waals surface area contributed by atoms with Gasteiger partial charge in [-0.05, 0) is 65.8 Å². The van der Waals surface area contributed by atoms with Crippen molar-refractivity contribution in [2.24, 2.45) is 5.73 Å². The summed E-state index contributed by atoms with van der Waals surface area (Å²) in [5.41, 5.74) is 10.8. The van der Waals surface area contributed by atoms with Gasteiger partial charge in [0.05, 0.1) is 17.2 Å². The Morgan fingerprint density at radius 3 is 2.57 bits per heavy atom. The molecule has 0 bridgehead atoms. The third-order valence-electron chi connectivity index (χ3n) is 7.59. The summed E-state index contributed by atoms with van der Waals surface area (Å²) in [7, 11) is 0. The molecule has 212 valence electrons. The van der Waals surface area contributed by atoms with E-state index in [1.807, 2.05) is 24.3 Å². The lowest BCUT2D eigenvalue weighted by molar-refractivity contribution is 0.0998. The van der Waals surface area contributed by atoms with Gasteiger partial charge in [0.15, 0.2) is 5.82 Å². The molecule has 0 atom stereocenters. The van der Waals surface area contributed by atoms with E-state index >= 15 is 4.39 Å². The summed E-state index contributed by atoms with van der Waals surface area (Å²) in [6.07, 6.45) is 2.11. The van der Waals surface area contributed by atoms with Gasteiger partial charge in [-0.25, -0.2) is 14.1 Å². The standard InChI is InChI=1S/C32H30FN7O2/c1-17-20(31(42)38-25-16-35-23-7-5-6-8-24(23)36-25)10-11-21(27(17)33)28-26(29(34)41)30-37-22-12-9-19(32(2,3)4)15-18(22)13-14-40(30)39-28/h5-12,15-16,37H,13-14H2,1-4H3,(H2,34,41)(H,36,38,42). The second-order valence-electron chi connectivity index (χ2n) is 11.5. The van der Waals surface area contributed by atoms with Crippen molar-refractivity contribution < 1.29 is 14.0 Å². The summed E-state index contributed by atoms with van der Waals surface area (Å²) in [6.45, 7) is 8.45. The van der Waals surface area contributed by atoms with E-state index in [1.54, 1.807) is 10.7 Å². The van der Waals surface area contributed by atoms with E-state index < -0.39 is 17.6 Å². The molecule has 1 aliphatic rings. The molecule has 5 aromatic rings. The van der Waals surface area contributed by atoms with Crippen LogP contribution in [0.5, 0.6) is 0 Å². The lowest BCUT2D eigenvalue weighted by Gasteiger charge is -2.21. The summed E-state index contributed by atoms with van der Waals surface area (Å²) >= 11 is 0. The number of nitrogens with two attached hydrogens (primary N) is 1. The van der Waals surface area contributed by atoms with E-state index in [0.717, 1.165) is 11.3 Å². The molecule has 0 spiro atoms. The third kappa shape index (κ3) is 4.74. The van der Waals surface area contributed by atoms with Crippen LogP contribution in [0.25, 0.3) is 22.3 Å². The summed E-state index contributed by atoms with van der Waals surface area (Å²) in [5.74, 6) is -1.28. The Morgan fingerprint density at radius 1 is 1.07 bits per heavy atom. The zero-order valence-electron chi connectivity index (χ0n) is 23.7. The predicted octanol–water partition coefficient (Wildman–Crippen LogP) is 5.89. The van der Waals surface area contributed by atoms with Gasteiger partial charge in [0.1, 0.15) is 22.9 Å². The molecule has 2 aromatic heterocycles. The number of primary amides is 1. The van der Waals surface area contributed by atoms with Gasteiger partial charge in [0.2, 0.25) is 0 Å². The van der Waals surface area contributed by atoms with Crippen LogP contribution in [-0.2, 0) is 18.4 Å². The molecule has 2 amide bonds. The molecule has 0 unspecified atom stereocenters. The fourth-order valence-corrected chi connectivity index (χ4v) is 5.23. The van der Waals surface area contributed by atoms with Crippen LogP contribution in [0.3, 0.4) is 0 Å². The number of halogens is 1. The van der Waals surface area contributed by atoms with E-state index in [0.29, 0.717) is 29.8 Å². The summed E-state index contributed by atoms with van der Waals surface area (Å²) < 4.78 is 17.6. The quantitative estimate of drug-likeness (QED) is 0.250. The van der Waals surface area contributed by atoms with Crippen LogP contribution in [0, 0.1) is 12.7 Å². The van der Waals surface area contributed by atoms with Crippen molar-refractivity contribution in [1.29, 1.82) is 0 Å². The van der Waals surface area contributed by atoms with Gasteiger partial charge in [-0.15, -0.1) is 0 Å². The summed E-state index contributed by atoms with van der Waals surface area (Å²) in [4.78, 5) is 34.5. The Hall–Kier alpha value is -5.12. The predicted molar refractivity (Wildman–Crippen MR) is 160 cm³/mol. The average molecular weight is 564 g/mol. The first-order valence-electron chi connectivity index (χ1n) is 13.6. The first kappa shape index (κ1) is 27.1. The molecule has 3 heterocycles. The number of aromatic nitrogens is 4. The van der Waals surface area contributed by atoms with Crippen LogP contribution < -0.4 is 16.4 Å². The molecule has 0 saturated heterocycles. The number of hydrogen-bond donors (Lipinski definition) is 3. The number of carbonyl (C=O) groups is 2. The number of amides is 2. The molecule has 6 rings (SSSR count). The van der Waals surface area contributed by atoms with Crippen molar-refractivity contribution >= 4 is 40.2 Å². The molecule has 0 saturated carbocycles. The monoisotopic (exact) mass is 563 g/mol. The van der Waals surface area contributed by atoms with Crippen LogP contribution in [0.4, 0.5) is 21.7 Å². The molecule has 0 aliphatic carbocycles. The highest BCUT2D eigenvalue weighted by Gasteiger charge is 2.29. The van der Waals surface area contributed by atoms with Gasteiger partial charge >= 0.3 is 0 Å². The highest BCUT2D eigenvalue weighted by molar-refractivity contribution is 6.07. The number of benzene rings is 3. The lowest BCUT2D eigenvalue weighted by Crippen LogP contribution is -2.16. The van der Waals surface area contributed by atoms with E-state index in [4.69, 9.17) is 5.73 Å². The van der Waals surface area contributed by atoms with E-state index in [2.05, 4.69) is 58.6 Å². The van der Waals surface area contributed by atoms with E-state index in [-0.39, 0.29) is 39.2 Å². The maximum absolute atomic E-state index is 15.9. The molecular formula is C32H30FN7O2. The van der Waals surface area contributed by atoms with Crippen molar-refractivity contribution in [2.75, 3.05) is 10.6 Å². The summed E-state index contributed by atoms with van der Waals surface area (Å²) in [5, 5.41) is 10.6. The molecular weight excluding hydrogens is 533 g/mol. The maximum atomic E-state index is 15.9. The number of aryl methyl sites for hydroxylation is 2. The number of nitrogens with zero attached hydrogens (tertiary/aromatic N) is 4. The first-order chi connectivity index (χ1) is 20.0. The molecule has 10 heteroatoms. The molecule has 1 aliphatic heterocycles. The van der Waals surface area contributed by atoms with E-state index in [1.165, 1.54) is 30.8 Å². The zero-order valence-corrected chi connectivity index (χ0v) is 23.7. The van der Waals surface area contributed by atoms with Gasteiger partial charge in [0.25, 0.3) is 11.8 Å². The second kappa shape index (κ2) is 10.1. The number of rotatable bonds is 4. The molecule has 9 nitrogen and oxygen atoms in total. The number of anilines is 3. The van der Waals surface area contributed by atoms with Crippen molar-refractivity contribution in [3.05, 3.63) is 94.4 Å². The molecule has 0 fully saturated rings. The molecule has 42 heavy (non-hydrogen) atoms. The second-order valence-corrected chi connectivity index (χ2v) is 11.5. The molecule has 0 radical (unpaired) electrons.